The van der Waals surface area contributed by atoms with E-state index in [1.807, 2.05) is 6.92 Å². The minimum absolute atomic E-state index is 0.0256. The predicted molar refractivity (Wildman–Crippen MR) is 51.0 cm³/mol. The highest BCUT2D eigenvalue weighted by Crippen LogP contribution is 2.11. The zero-order valence-corrected chi connectivity index (χ0v) is 8.19. The first kappa shape index (κ1) is 9.54. The normalized spacial score (nSPS) is 13.2. The van der Waals surface area contributed by atoms with E-state index in [1.165, 1.54) is 0 Å². The summed E-state index contributed by atoms with van der Waals surface area (Å²) in [4.78, 5) is 4.16. The number of aromatic amines is 1. The van der Waals surface area contributed by atoms with E-state index in [2.05, 4.69) is 21.4 Å². The number of rotatable bonds is 4. The van der Waals surface area contributed by atoms with E-state index in [1.54, 1.807) is 11.8 Å². The zero-order valence-electron chi connectivity index (χ0n) is 7.37. The van der Waals surface area contributed by atoms with E-state index in [4.69, 9.17) is 5.73 Å². The third-order valence-electron chi connectivity index (χ3n) is 1.58. The third kappa shape index (κ3) is 2.49. The molecule has 0 bridgehead atoms. The lowest BCUT2D eigenvalue weighted by molar-refractivity contribution is 0.657. The van der Waals surface area contributed by atoms with Gasteiger partial charge in [-0.25, -0.2) is 4.98 Å². The molecule has 3 N–H and O–H groups in total. The largest absolute Gasteiger partial charge is 0.321 e. The molecule has 1 aromatic rings. The van der Waals surface area contributed by atoms with Gasteiger partial charge in [0.15, 0.2) is 5.82 Å². The summed E-state index contributed by atoms with van der Waals surface area (Å²) in [6.07, 6.45) is 2.99. The molecule has 0 fully saturated rings. The Morgan fingerprint density at radius 2 is 2.42 bits per heavy atom. The molecule has 4 nitrogen and oxygen atoms in total. The molecule has 0 spiro atoms. The van der Waals surface area contributed by atoms with Gasteiger partial charge < -0.3 is 5.73 Å². The van der Waals surface area contributed by atoms with Crippen molar-refractivity contribution in [3.63, 3.8) is 0 Å². The van der Waals surface area contributed by atoms with Gasteiger partial charge in [0.05, 0.1) is 6.04 Å². The first-order valence-corrected chi connectivity index (χ1v) is 5.27. The summed E-state index contributed by atoms with van der Waals surface area (Å²) in [5.74, 6) is 2.60. The highest BCUT2D eigenvalue weighted by atomic mass is 32.2. The van der Waals surface area contributed by atoms with Crippen LogP contribution in [0.15, 0.2) is 0 Å². The van der Waals surface area contributed by atoms with Gasteiger partial charge in [-0.15, -0.1) is 0 Å². The van der Waals surface area contributed by atoms with Crippen LogP contribution in [-0.4, -0.2) is 27.2 Å². The van der Waals surface area contributed by atoms with Crippen LogP contribution in [0.5, 0.6) is 0 Å². The van der Waals surface area contributed by atoms with E-state index in [0.717, 1.165) is 23.8 Å². The average Bonchev–Trinajstić information content (AvgIpc) is 2.47. The number of nitrogens with one attached hydrogen (secondary N) is 1. The molecule has 1 unspecified atom stereocenters. The Balaban J connectivity index is 2.47. The maximum Gasteiger partial charge on any atom is 0.167 e. The molecule has 0 aliphatic heterocycles. The fraction of sp³-hybridized carbons (Fsp3) is 0.714. The average molecular weight is 186 g/mol. The van der Waals surface area contributed by atoms with Crippen LogP contribution in [0.3, 0.4) is 0 Å². The molecule has 0 radical (unpaired) electrons. The molecule has 1 rings (SSSR count). The van der Waals surface area contributed by atoms with Gasteiger partial charge in [-0.2, -0.15) is 16.9 Å². The lowest BCUT2D eigenvalue weighted by atomic mass is 10.2. The molecule has 0 saturated carbocycles. The van der Waals surface area contributed by atoms with E-state index < -0.39 is 0 Å². The Morgan fingerprint density at radius 3 is 2.92 bits per heavy atom. The van der Waals surface area contributed by atoms with Gasteiger partial charge in [-0.1, -0.05) is 0 Å². The molecule has 0 saturated heterocycles. The Labute approximate surface area is 76.3 Å². The van der Waals surface area contributed by atoms with Crippen molar-refractivity contribution in [1.82, 2.24) is 15.2 Å². The number of hydrogen-bond acceptors (Lipinski definition) is 4. The van der Waals surface area contributed by atoms with Crippen LogP contribution in [-0.2, 0) is 0 Å². The fourth-order valence-corrected chi connectivity index (χ4v) is 1.39. The van der Waals surface area contributed by atoms with Crippen LogP contribution in [0.2, 0.25) is 0 Å². The zero-order chi connectivity index (χ0) is 8.97. The van der Waals surface area contributed by atoms with Gasteiger partial charge in [-0.05, 0) is 25.4 Å². The van der Waals surface area contributed by atoms with E-state index >= 15 is 0 Å². The second-order valence-corrected chi connectivity index (χ2v) is 3.65. The molecule has 12 heavy (non-hydrogen) atoms. The van der Waals surface area contributed by atoms with Gasteiger partial charge in [0, 0.05) is 0 Å². The van der Waals surface area contributed by atoms with Crippen LogP contribution in [0.1, 0.15) is 24.1 Å². The Morgan fingerprint density at radius 1 is 1.67 bits per heavy atom. The summed E-state index contributed by atoms with van der Waals surface area (Å²) in [5, 5.41) is 6.78. The molecule has 68 valence electrons. The summed E-state index contributed by atoms with van der Waals surface area (Å²) in [6, 6.07) is -0.0256. The molecule has 0 aliphatic carbocycles. The van der Waals surface area contributed by atoms with Crippen molar-refractivity contribution >= 4 is 11.8 Å². The highest BCUT2D eigenvalue weighted by Gasteiger charge is 2.09. The molecule has 1 heterocycles. The van der Waals surface area contributed by atoms with Crippen molar-refractivity contribution in [2.24, 2.45) is 5.73 Å². The van der Waals surface area contributed by atoms with Crippen molar-refractivity contribution in [3.8, 4) is 0 Å². The van der Waals surface area contributed by atoms with Crippen molar-refractivity contribution in [1.29, 1.82) is 0 Å². The minimum Gasteiger partial charge on any atom is -0.321 e. The monoisotopic (exact) mass is 186 g/mol. The van der Waals surface area contributed by atoms with Crippen LogP contribution in [0.25, 0.3) is 0 Å². The van der Waals surface area contributed by atoms with Gasteiger partial charge >= 0.3 is 0 Å². The predicted octanol–water partition coefficient (Wildman–Crippen LogP) is 0.866. The molecule has 0 aromatic carbocycles. The second-order valence-electron chi connectivity index (χ2n) is 2.67. The van der Waals surface area contributed by atoms with Crippen molar-refractivity contribution < 1.29 is 0 Å². The van der Waals surface area contributed by atoms with E-state index in [-0.39, 0.29) is 6.04 Å². The first-order valence-electron chi connectivity index (χ1n) is 3.87. The van der Waals surface area contributed by atoms with Crippen molar-refractivity contribution in [3.05, 3.63) is 11.6 Å². The summed E-state index contributed by atoms with van der Waals surface area (Å²) < 4.78 is 0. The van der Waals surface area contributed by atoms with Gasteiger partial charge in [0.2, 0.25) is 0 Å². The summed E-state index contributed by atoms with van der Waals surface area (Å²) in [7, 11) is 0. The Bertz CT molecular complexity index is 235. The number of nitrogens with zero attached hydrogens (tertiary/aromatic N) is 2. The second kappa shape index (κ2) is 4.47. The fourth-order valence-electron chi connectivity index (χ4n) is 0.900. The molecule has 5 heteroatoms. The standard InChI is InChI=1S/C7H14N4S/c1-5-9-7(11-10-5)6(8)3-4-12-2/h6H,3-4,8H2,1-2H3,(H,9,10,11). The SMILES string of the molecule is CSCCC(N)c1n[nH]c(C)n1. The van der Waals surface area contributed by atoms with E-state index in [9.17, 15) is 0 Å². The Hall–Kier alpha value is -0.550. The Kier molecular flexibility index (Phi) is 3.55. The topological polar surface area (TPSA) is 67.6 Å². The van der Waals surface area contributed by atoms with Crippen LogP contribution >= 0.6 is 11.8 Å². The molecule has 0 aliphatic rings. The number of H-pyrrole nitrogens is 1. The minimum atomic E-state index is -0.0256. The maximum absolute atomic E-state index is 5.84. The molecular formula is C7H14N4S. The summed E-state index contributed by atoms with van der Waals surface area (Å²) in [5.41, 5.74) is 5.84. The molecule has 0 amide bonds. The van der Waals surface area contributed by atoms with Crippen LogP contribution in [0, 0.1) is 6.92 Å². The maximum atomic E-state index is 5.84. The van der Waals surface area contributed by atoms with Crippen LogP contribution < -0.4 is 5.73 Å². The number of thioether (sulfide) groups is 1. The number of aryl methyl sites for hydroxylation is 1. The number of hydrogen-bond donors (Lipinski definition) is 2. The lowest BCUT2D eigenvalue weighted by Crippen LogP contribution is -2.12. The van der Waals surface area contributed by atoms with Gasteiger partial charge in [-0.3, -0.25) is 5.10 Å². The highest BCUT2D eigenvalue weighted by molar-refractivity contribution is 7.98. The number of nitrogens with two attached hydrogens (primary N) is 1. The van der Waals surface area contributed by atoms with Crippen LogP contribution in [0.4, 0.5) is 0 Å². The first-order chi connectivity index (χ1) is 5.74. The third-order valence-corrected chi connectivity index (χ3v) is 2.22. The lowest BCUT2D eigenvalue weighted by Gasteiger charge is -2.04. The van der Waals surface area contributed by atoms with Crippen molar-refractivity contribution in [2.45, 2.75) is 19.4 Å². The summed E-state index contributed by atoms with van der Waals surface area (Å²) in [6.45, 7) is 1.87. The molecule has 1 aromatic heterocycles. The smallest absolute Gasteiger partial charge is 0.167 e. The quantitative estimate of drug-likeness (QED) is 0.732. The van der Waals surface area contributed by atoms with E-state index in [0.29, 0.717) is 0 Å². The number of aromatic nitrogens is 3. The molecule has 1 atom stereocenters. The van der Waals surface area contributed by atoms with Gasteiger partial charge in [0.25, 0.3) is 0 Å². The summed E-state index contributed by atoms with van der Waals surface area (Å²) >= 11 is 1.79. The van der Waals surface area contributed by atoms with Crippen molar-refractivity contribution in [2.75, 3.05) is 12.0 Å². The van der Waals surface area contributed by atoms with Gasteiger partial charge in [0.1, 0.15) is 5.82 Å². The molecular weight excluding hydrogens is 172 g/mol.